The van der Waals surface area contributed by atoms with Crippen molar-refractivity contribution in [2.45, 2.75) is 0 Å². The summed E-state index contributed by atoms with van der Waals surface area (Å²) in [5.74, 6) is 0.109. The highest BCUT2D eigenvalue weighted by Crippen LogP contribution is 2.36. The first kappa shape index (κ1) is 9.13. The van der Waals surface area contributed by atoms with E-state index < -0.39 is 0 Å². The average Bonchev–Trinajstić information content (AvgIpc) is 2.17. The number of nitriles is 1. The van der Waals surface area contributed by atoms with Crippen molar-refractivity contribution in [1.82, 2.24) is 4.98 Å². The topological polar surface area (TPSA) is 75.4 Å². The fourth-order valence-electron chi connectivity index (χ4n) is 0.892. The van der Waals surface area contributed by atoms with E-state index in [1.54, 1.807) is 6.07 Å². The van der Waals surface area contributed by atoms with Gasteiger partial charge in [-0.3, -0.25) is 0 Å². The van der Waals surface area contributed by atoms with Crippen molar-refractivity contribution in [3.63, 3.8) is 0 Å². The molecule has 0 unspecified atom stereocenters. The zero-order valence-electron chi connectivity index (χ0n) is 7.24. The predicted octanol–water partition coefficient (Wildman–Crippen LogP) is 0.676. The first-order valence-corrected chi connectivity index (χ1v) is 3.44. The van der Waals surface area contributed by atoms with Gasteiger partial charge in [-0.1, -0.05) is 0 Å². The number of pyridine rings is 1. The molecule has 0 aliphatic rings. The van der Waals surface area contributed by atoms with Crippen molar-refractivity contribution in [3.8, 4) is 23.3 Å². The molecular weight excluding hydrogens is 172 g/mol. The number of rotatable bonds is 2. The molecule has 1 aromatic heterocycles. The van der Waals surface area contributed by atoms with Crippen LogP contribution in [0.2, 0.25) is 0 Å². The monoisotopic (exact) mass is 180 g/mol. The maximum Gasteiger partial charge on any atom is 0.207 e. The maximum absolute atomic E-state index is 9.41. The first-order chi connectivity index (χ1) is 6.24. The molecule has 0 saturated carbocycles. The van der Waals surface area contributed by atoms with Crippen LogP contribution in [0.1, 0.15) is 5.69 Å². The maximum atomic E-state index is 9.41. The second kappa shape index (κ2) is 3.63. The third-order valence-electron chi connectivity index (χ3n) is 1.50. The van der Waals surface area contributed by atoms with Crippen LogP contribution in [0.4, 0.5) is 0 Å². The lowest BCUT2D eigenvalue weighted by Crippen LogP contribution is -1.94. The minimum absolute atomic E-state index is 0.0855. The quantitative estimate of drug-likeness (QED) is 0.724. The lowest BCUT2D eigenvalue weighted by Gasteiger charge is -2.08. The van der Waals surface area contributed by atoms with Gasteiger partial charge in [0.2, 0.25) is 5.75 Å². The van der Waals surface area contributed by atoms with Gasteiger partial charge < -0.3 is 14.6 Å². The standard InChI is InChI=1S/C8H8N2O3/c1-12-6-4-10-5(3-9)7(11)8(6)13-2/h4,11H,1-2H3. The van der Waals surface area contributed by atoms with Gasteiger partial charge in [-0.2, -0.15) is 5.26 Å². The molecule has 0 spiro atoms. The third-order valence-corrected chi connectivity index (χ3v) is 1.50. The van der Waals surface area contributed by atoms with Gasteiger partial charge in [-0.25, -0.2) is 4.98 Å². The Morgan fingerprint density at radius 3 is 2.62 bits per heavy atom. The van der Waals surface area contributed by atoms with Gasteiger partial charge in [0.15, 0.2) is 17.2 Å². The Balaban J connectivity index is 3.34. The normalized spacial score (nSPS) is 9.00. The van der Waals surface area contributed by atoms with Crippen molar-refractivity contribution in [2.75, 3.05) is 14.2 Å². The Morgan fingerprint density at radius 2 is 2.15 bits per heavy atom. The highest BCUT2D eigenvalue weighted by molar-refractivity contribution is 5.54. The molecule has 0 saturated heterocycles. The van der Waals surface area contributed by atoms with Gasteiger partial charge in [-0.05, 0) is 0 Å². The third kappa shape index (κ3) is 1.47. The number of methoxy groups -OCH3 is 2. The molecule has 0 amide bonds. The summed E-state index contributed by atoms with van der Waals surface area (Å²) in [4.78, 5) is 3.66. The molecule has 0 aromatic carbocycles. The smallest absolute Gasteiger partial charge is 0.207 e. The van der Waals surface area contributed by atoms with Crippen LogP contribution < -0.4 is 9.47 Å². The van der Waals surface area contributed by atoms with Crippen molar-refractivity contribution >= 4 is 0 Å². The zero-order chi connectivity index (χ0) is 9.84. The van der Waals surface area contributed by atoms with E-state index in [1.807, 2.05) is 0 Å². The molecule has 0 bridgehead atoms. The fourth-order valence-corrected chi connectivity index (χ4v) is 0.892. The van der Waals surface area contributed by atoms with Gasteiger partial charge in [-0.15, -0.1) is 0 Å². The highest BCUT2D eigenvalue weighted by Gasteiger charge is 2.14. The van der Waals surface area contributed by atoms with Crippen LogP contribution in [-0.2, 0) is 0 Å². The molecule has 1 heterocycles. The van der Waals surface area contributed by atoms with Gasteiger partial charge in [0.05, 0.1) is 20.4 Å². The summed E-state index contributed by atoms with van der Waals surface area (Å²) in [6.45, 7) is 0. The fraction of sp³-hybridized carbons (Fsp3) is 0.250. The molecule has 5 nitrogen and oxygen atoms in total. The minimum atomic E-state index is -0.302. The van der Waals surface area contributed by atoms with Crippen molar-refractivity contribution in [2.24, 2.45) is 0 Å². The van der Waals surface area contributed by atoms with Crippen LogP contribution in [0.5, 0.6) is 17.2 Å². The molecule has 0 radical (unpaired) electrons. The Hall–Kier alpha value is -1.96. The van der Waals surface area contributed by atoms with Crippen molar-refractivity contribution < 1.29 is 14.6 Å². The number of hydrogen-bond acceptors (Lipinski definition) is 5. The molecule has 5 heteroatoms. The zero-order valence-corrected chi connectivity index (χ0v) is 7.24. The van der Waals surface area contributed by atoms with Gasteiger partial charge >= 0.3 is 0 Å². The second-order valence-corrected chi connectivity index (χ2v) is 2.17. The Kier molecular flexibility index (Phi) is 2.55. The summed E-state index contributed by atoms with van der Waals surface area (Å²) in [5, 5.41) is 17.9. The van der Waals surface area contributed by atoms with Crippen LogP contribution >= 0.6 is 0 Å². The van der Waals surface area contributed by atoms with E-state index >= 15 is 0 Å². The molecule has 0 atom stereocenters. The van der Waals surface area contributed by atoms with E-state index in [0.717, 1.165) is 0 Å². The van der Waals surface area contributed by atoms with Crippen LogP contribution in [0, 0.1) is 11.3 Å². The van der Waals surface area contributed by atoms with Crippen LogP contribution in [0.3, 0.4) is 0 Å². The number of aromatic nitrogens is 1. The molecule has 1 N–H and O–H groups in total. The van der Waals surface area contributed by atoms with E-state index in [-0.39, 0.29) is 17.2 Å². The molecule has 68 valence electrons. The highest BCUT2D eigenvalue weighted by atomic mass is 16.5. The summed E-state index contributed by atoms with van der Waals surface area (Å²) in [5.41, 5.74) is -0.0855. The minimum Gasteiger partial charge on any atom is -0.502 e. The number of aromatic hydroxyl groups is 1. The summed E-state index contributed by atoms with van der Waals surface area (Å²) < 4.78 is 9.70. The molecule has 0 aliphatic carbocycles. The van der Waals surface area contributed by atoms with Crippen molar-refractivity contribution in [1.29, 1.82) is 5.26 Å². The lowest BCUT2D eigenvalue weighted by atomic mass is 10.3. The van der Waals surface area contributed by atoms with Crippen LogP contribution in [-0.4, -0.2) is 24.3 Å². The predicted molar refractivity (Wildman–Crippen MR) is 43.7 cm³/mol. The van der Waals surface area contributed by atoms with Gasteiger partial charge in [0.25, 0.3) is 0 Å². The van der Waals surface area contributed by atoms with Crippen molar-refractivity contribution in [3.05, 3.63) is 11.9 Å². The molecule has 0 fully saturated rings. The Labute approximate surface area is 75.2 Å². The summed E-state index contributed by atoms with van der Waals surface area (Å²) in [6, 6.07) is 1.72. The number of nitrogens with zero attached hydrogens (tertiary/aromatic N) is 2. The van der Waals surface area contributed by atoms with E-state index in [1.165, 1.54) is 20.4 Å². The second-order valence-electron chi connectivity index (χ2n) is 2.17. The number of ether oxygens (including phenoxy) is 2. The number of hydrogen-bond donors (Lipinski definition) is 1. The SMILES string of the molecule is COc1cnc(C#N)c(O)c1OC. The van der Waals surface area contributed by atoms with Gasteiger partial charge in [0, 0.05) is 0 Å². The average molecular weight is 180 g/mol. The van der Waals surface area contributed by atoms with E-state index in [0.29, 0.717) is 5.75 Å². The van der Waals surface area contributed by atoms with Gasteiger partial charge in [0.1, 0.15) is 6.07 Å². The molecule has 0 aliphatic heterocycles. The molecule has 13 heavy (non-hydrogen) atoms. The molecular formula is C8H8N2O3. The largest absolute Gasteiger partial charge is 0.502 e. The first-order valence-electron chi connectivity index (χ1n) is 3.44. The van der Waals surface area contributed by atoms with Crippen LogP contribution in [0.25, 0.3) is 0 Å². The van der Waals surface area contributed by atoms with Crippen LogP contribution in [0.15, 0.2) is 6.20 Å². The lowest BCUT2D eigenvalue weighted by molar-refractivity contribution is 0.330. The Morgan fingerprint density at radius 1 is 1.46 bits per heavy atom. The van der Waals surface area contributed by atoms with E-state index in [2.05, 4.69) is 4.98 Å². The molecule has 1 aromatic rings. The summed E-state index contributed by atoms with van der Waals surface area (Å²) in [6.07, 6.45) is 1.32. The van der Waals surface area contributed by atoms with E-state index in [9.17, 15) is 5.11 Å². The summed E-state index contributed by atoms with van der Waals surface area (Å²) >= 11 is 0. The molecule has 1 rings (SSSR count). The summed E-state index contributed by atoms with van der Waals surface area (Å²) in [7, 11) is 2.80. The Bertz CT molecular complexity index is 357. The van der Waals surface area contributed by atoms with E-state index in [4.69, 9.17) is 14.7 Å².